The molecule has 0 aromatic heterocycles. The number of hydrogen-bond donors (Lipinski definition) is 2. The van der Waals surface area contributed by atoms with Crippen molar-refractivity contribution >= 4 is 5.97 Å². The number of aliphatic carboxylic acids is 1. The number of carbonyl (C=O) groups is 1. The number of nitrogens with zero attached hydrogens (tertiary/aromatic N) is 2. The van der Waals surface area contributed by atoms with Gasteiger partial charge in [0.15, 0.2) is 0 Å². The molecule has 0 amide bonds. The maximum Gasteiger partial charge on any atom is 0.320 e. The van der Waals surface area contributed by atoms with Crippen molar-refractivity contribution in [2.24, 2.45) is 0 Å². The quantitative estimate of drug-likeness (QED) is 0.711. The topological polar surface area (TPSA) is 55.8 Å². The molecule has 1 saturated heterocycles. The summed E-state index contributed by atoms with van der Waals surface area (Å²) in [6.45, 7) is 6.29. The molecule has 1 saturated carbocycles. The van der Waals surface area contributed by atoms with E-state index in [2.05, 4.69) is 29.1 Å². The van der Waals surface area contributed by atoms with Crippen molar-refractivity contribution in [1.29, 1.82) is 0 Å². The molecule has 0 aromatic carbocycles. The van der Waals surface area contributed by atoms with Crippen molar-refractivity contribution in [3.8, 4) is 0 Å². The summed E-state index contributed by atoms with van der Waals surface area (Å²) in [5, 5.41) is 12.4. The molecule has 2 aliphatic rings. The molecule has 18 heavy (non-hydrogen) atoms. The van der Waals surface area contributed by atoms with E-state index in [1.165, 1.54) is 0 Å². The largest absolute Gasteiger partial charge is 0.480 e. The van der Waals surface area contributed by atoms with Gasteiger partial charge in [-0.3, -0.25) is 4.79 Å². The molecule has 104 valence electrons. The zero-order valence-electron chi connectivity index (χ0n) is 11.4. The van der Waals surface area contributed by atoms with Crippen LogP contribution in [0.2, 0.25) is 0 Å². The third-order valence-electron chi connectivity index (χ3n) is 4.09. The van der Waals surface area contributed by atoms with Crippen LogP contribution >= 0.6 is 0 Å². The summed E-state index contributed by atoms with van der Waals surface area (Å²) in [7, 11) is 2.15. The van der Waals surface area contributed by atoms with Crippen molar-refractivity contribution in [1.82, 2.24) is 15.1 Å². The van der Waals surface area contributed by atoms with Gasteiger partial charge in [0.25, 0.3) is 0 Å². The van der Waals surface area contributed by atoms with Gasteiger partial charge in [-0.05, 0) is 33.2 Å². The summed E-state index contributed by atoms with van der Waals surface area (Å²) in [5.41, 5.74) is 0. The van der Waals surface area contributed by atoms with Crippen molar-refractivity contribution in [3.05, 3.63) is 0 Å². The van der Waals surface area contributed by atoms with Crippen molar-refractivity contribution < 1.29 is 9.90 Å². The lowest BCUT2D eigenvalue weighted by Gasteiger charge is -2.38. The molecule has 2 atom stereocenters. The fraction of sp³-hybridized carbons (Fsp3) is 0.923. The van der Waals surface area contributed by atoms with Crippen molar-refractivity contribution in [3.63, 3.8) is 0 Å². The fourth-order valence-electron chi connectivity index (χ4n) is 2.45. The molecule has 0 radical (unpaired) electrons. The molecule has 0 bridgehead atoms. The van der Waals surface area contributed by atoms with Crippen LogP contribution in [-0.2, 0) is 4.79 Å². The second kappa shape index (κ2) is 5.99. The third kappa shape index (κ3) is 3.93. The van der Waals surface area contributed by atoms with Gasteiger partial charge in [-0.15, -0.1) is 0 Å². The Hall–Kier alpha value is -0.650. The molecular formula is C13H25N3O2. The van der Waals surface area contributed by atoms with Gasteiger partial charge in [0.1, 0.15) is 6.04 Å². The number of hydrogen-bond acceptors (Lipinski definition) is 4. The monoisotopic (exact) mass is 255 g/mol. The Morgan fingerprint density at radius 1 is 1.44 bits per heavy atom. The first kappa shape index (κ1) is 13.8. The Labute approximate surface area is 109 Å². The van der Waals surface area contributed by atoms with Crippen LogP contribution in [0.15, 0.2) is 0 Å². The molecule has 2 N–H and O–H groups in total. The Balaban J connectivity index is 1.73. The van der Waals surface area contributed by atoms with Gasteiger partial charge in [-0.2, -0.15) is 0 Å². The van der Waals surface area contributed by atoms with E-state index in [9.17, 15) is 9.90 Å². The molecule has 1 heterocycles. The van der Waals surface area contributed by atoms with Crippen LogP contribution in [0.4, 0.5) is 0 Å². The first-order valence-electron chi connectivity index (χ1n) is 6.97. The van der Waals surface area contributed by atoms with Crippen LogP contribution in [-0.4, -0.2) is 72.2 Å². The number of carboxylic acid groups (broad SMARTS) is 1. The Bertz CT molecular complexity index is 294. The van der Waals surface area contributed by atoms with E-state index in [4.69, 9.17) is 0 Å². The first-order valence-corrected chi connectivity index (χ1v) is 6.97. The third-order valence-corrected chi connectivity index (χ3v) is 4.09. The van der Waals surface area contributed by atoms with E-state index in [0.717, 1.165) is 39.0 Å². The van der Waals surface area contributed by atoms with Gasteiger partial charge in [0, 0.05) is 38.3 Å². The van der Waals surface area contributed by atoms with E-state index in [1.807, 2.05) is 0 Å². The van der Waals surface area contributed by atoms with E-state index in [0.29, 0.717) is 18.5 Å². The van der Waals surface area contributed by atoms with Crippen molar-refractivity contribution in [2.75, 3.05) is 33.2 Å². The number of nitrogens with one attached hydrogen (secondary N) is 1. The molecule has 5 nitrogen and oxygen atoms in total. The summed E-state index contributed by atoms with van der Waals surface area (Å²) in [5.74, 6) is -0.705. The highest BCUT2D eigenvalue weighted by molar-refractivity contribution is 5.73. The maximum absolute atomic E-state index is 11.2. The molecule has 5 heteroatoms. The zero-order valence-corrected chi connectivity index (χ0v) is 11.4. The van der Waals surface area contributed by atoms with Crippen molar-refractivity contribution in [2.45, 2.75) is 44.3 Å². The summed E-state index contributed by atoms with van der Waals surface area (Å²) in [6.07, 6.45) is 2.98. The van der Waals surface area contributed by atoms with Gasteiger partial charge < -0.3 is 20.2 Å². The SMILES string of the molecule is CC1CN(CCC(NC2CC2)C(=O)O)CCN1C. The second-order valence-electron chi connectivity index (χ2n) is 5.75. The smallest absolute Gasteiger partial charge is 0.320 e. The minimum atomic E-state index is -0.705. The second-order valence-corrected chi connectivity index (χ2v) is 5.75. The molecular weight excluding hydrogens is 230 g/mol. The van der Waals surface area contributed by atoms with Gasteiger partial charge in [0.05, 0.1) is 0 Å². The highest BCUT2D eigenvalue weighted by Gasteiger charge is 2.29. The van der Waals surface area contributed by atoms with Gasteiger partial charge in [-0.25, -0.2) is 0 Å². The fourth-order valence-corrected chi connectivity index (χ4v) is 2.45. The molecule has 2 rings (SSSR count). The Morgan fingerprint density at radius 3 is 2.72 bits per heavy atom. The average Bonchev–Trinajstić information content (AvgIpc) is 3.12. The Morgan fingerprint density at radius 2 is 2.17 bits per heavy atom. The maximum atomic E-state index is 11.2. The van der Waals surface area contributed by atoms with Gasteiger partial charge in [0.2, 0.25) is 0 Å². The molecule has 2 unspecified atom stereocenters. The average molecular weight is 255 g/mol. The summed E-state index contributed by atoms with van der Waals surface area (Å²) < 4.78 is 0. The normalized spacial score (nSPS) is 28.2. The highest BCUT2D eigenvalue weighted by Crippen LogP contribution is 2.20. The molecule has 1 aliphatic carbocycles. The summed E-state index contributed by atoms with van der Waals surface area (Å²) in [4.78, 5) is 15.9. The van der Waals surface area contributed by atoms with Crippen LogP contribution < -0.4 is 5.32 Å². The van der Waals surface area contributed by atoms with E-state index >= 15 is 0 Å². The highest BCUT2D eigenvalue weighted by atomic mass is 16.4. The minimum Gasteiger partial charge on any atom is -0.480 e. The van der Waals surface area contributed by atoms with Gasteiger partial charge in [-0.1, -0.05) is 0 Å². The first-order chi connectivity index (χ1) is 8.56. The van der Waals surface area contributed by atoms with Crippen LogP contribution in [0.3, 0.4) is 0 Å². The zero-order chi connectivity index (χ0) is 13.1. The predicted octanol–water partition coefficient (Wildman–Crippen LogP) is 0.218. The van der Waals surface area contributed by atoms with E-state index in [1.54, 1.807) is 0 Å². The van der Waals surface area contributed by atoms with Crippen LogP contribution in [0.25, 0.3) is 0 Å². The van der Waals surface area contributed by atoms with Crippen LogP contribution in [0.1, 0.15) is 26.2 Å². The molecule has 0 spiro atoms. The lowest BCUT2D eigenvalue weighted by molar-refractivity contribution is -0.139. The molecule has 1 aliphatic heterocycles. The molecule has 0 aromatic rings. The van der Waals surface area contributed by atoms with Crippen LogP contribution in [0, 0.1) is 0 Å². The summed E-state index contributed by atoms with van der Waals surface area (Å²) >= 11 is 0. The number of piperazine rings is 1. The lowest BCUT2D eigenvalue weighted by Crippen LogP contribution is -2.51. The van der Waals surface area contributed by atoms with E-state index in [-0.39, 0.29) is 6.04 Å². The number of likely N-dealkylation sites (N-methyl/N-ethyl adjacent to an activating group) is 1. The standard InChI is InChI=1S/C13H25N3O2/c1-10-9-16(8-7-15(10)2)6-5-12(13(17)18)14-11-3-4-11/h10-12,14H,3-9H2,1-2H3,(H,17,18). The number of carboxylic acids is 1. The minimum absolute atomic E-state index is 0.368. The predicted molar refractivity (Wildman–Crippen MR) is 70.7 cm³/mol. The van der Waals surface area contributed by atoms with Gasteiger partial charge >= 0.3 is 5.97 Å². The number of rotatable bonds is 6. The lowest BCUT2D eigenvalue weighted by atomic mass is 10.1. The molecule has 2 fully saturated rings. The van der Waals surface area contributed by atoms with Crippen LogP contribution in [0.5, 0.6) is 0 Å². The van der Waals surface area contributed by atoms with E-state index < -0.39 is 5.97 Å². The Kier molecular flexibility index (Phi) is 4.59. The summed E-state index contributed by atoms with van der Waals surface area (Å²) in [6, 6.07) is 0.656.